The van der Waals surface area contributed by atoms with Crippen LogP contribution in [-0.4, -0.2) is 46.0 Å². The van der Waals surface area contributed by atoms with Crippen LogP contribution in [0.2, 0.25) is 0 Å². The van der Waals surface area contributed by atoms with Crippen molar-refractivity contribution in [1.29, 1.82) is 0 Å². The van der Waals surface area contributed by atoms with E-state index < -0.39 is 17.6 Å². The minimum Gasteiger partial charge on any atom is -0.466 e. The number of hydrogen-bond donors (Lipinski definition) is 1. The maximum atomic E-state index is 13.3. The van der Waals surface area contributed by atoms with Crippen LogP contribution in [-0.2, 0) is 22.3 Å². The number of aromatic nitrogens is 2. The zero-order valence-electron chi connectivity index (χ0n) is 22.7. The molecule has 1 N–H and O–H groups in total. The number of carbonyl (C=O) groups excluding carboxylic acids is 2. The number of imidazole rings is 1. The first-order chi connectivity index (χ1) is 19.2. The van der Waals surface area contributed by atoms with Gasteiger partial charge in [0.25, 0.3) is 5.91 Å². The highest BCUT2D eigenvalue weighted by atomic mass is 19.4. The molecule has 1 saturated heterocycles. The summed E-state index contributed by atoms with van der Waals surface area (Å²) < 4.78 is 47.0. The molecule has 214 valence electrons. The first kappa shape index (κ1) is 28.1. The molecule has 7 nitrogen and oxygen atoms in total. The Bertz CT molecular complexity index is 1360. The molecule has 2 heterocycles. The van der Waals surface area contributed by atoms with E-state index in [1.54, 1.807) is 6.92 Å². The molecule has 0 unspecified atom stereocenters. The van der Waals surface area contributed by atoms with E-state index in [1.807, 2.05) is 16.7 Å². The van der Waals surface area contributed by atoms with E-state index in [-0.39, 0.29) is 23.5 Å². The fourth-order valence-electron chi connectivity index (χ4n) is 5.92. The van der Waals surface area contributed by atoms with Gasteiger partial charge in [0.05, 0.1) is 29.1 Å². The van der Waals surface area contributed by atoms with E-state index in [4.69, 9.17) is 9.72 Å². The zero-order valence-corrected chi connectivity index (χ0v) is 22.7. The molecule has 0 atom stereocenters. The summed E-state index contributed by atoms with van der Waals surface area (Å²) in [6.45, 7) is 5.08. The van der Waals surface area contributed by atoms with Crippen LogP contribution in [0.4, 0.5) is 19.1 Å². The number of piperidine rings is 1. The van der Waals surface area contributed by atoms with Gasteiger partial charge in [0.15, 0.2) is 0 Å². The highest BCUT2D eigenvalue weighted by Crippen LogP contribution is 2.38. The number of likely N-dealkylation sites (tertiary alicyclic amines) is 1. The molecule has 1 aliphatic carbocycles. The van der Waals surface area contributed by atoms with Crippen LogP contribution in [0.1, 0.15) is 79.4 Å². The van der Waals surface area contributed by atoms with Gasteiger partial charge in [0.1, 0.15) is 0 Å². The summed E-state index contributed by atoms with van der Waals surface area (Å²) in [6, 6.07) is 10.5. The number of anilines is 1. The summed E-state index contributed by atoms with van der Waals surface area (Å²) in [5, 5.41) is 2.79. The molecule has 2 aliphatic rings. The molecule has 3 aromatic rings. The van der Waals surface area contributed by atoms with E-state index >= 15 is 0 Å². The second-order valence-corrected chi connectivity index (χ2v) is 10.8. The Morgan fingerprint density at radius 3 is 2.48 bits per heavy atom. The predicted molar refractivity (Wildman–Crippen MR) is 146 cm³/mol. The largest absolute Gasteiger partial charge is 0.466 e. The topological polar surface area (TPSA) is 76.5 Å². The lowest BCUT2D eigenvalue weighted by Gasteiger charge is -2.29. The van der Waals surface area contributed by atoms with Crippen LogP contribution < -0.4 is 5.32 Å². The summed E-state index contributed by atoms with van der Waals surface area (Å²) >= 11 is 0. The van der Waals surface area contributed by atoms with E-state index in [0.717, 1.165) is 48.4 Å². The van der Waals surface area contributed by atoms with Crippen LogP contribution >= 0.6 is 0 Å². The highest BCUT2D eigenvalue weighted by Gasteiger charge is 2.32. The van der Waals surface area contributed by atoms with E-state index in [0.29, 0.717) is 38.2 Å². The molecule has 1 aromatic heterocycles. The van der Waals surface area contributed by atoms with E-state index in [9.17, 15) is 22.8 Å². The van der Waals surface area contributed by atoms with Crippen molar-refractivity contribution in [2.45, 2.75) is 70.6 Å². The van der Waals surface area contributed by atoms with Crippen molar-refractivity contribution in [2.75, 3.05) is 25.0 Å². The number of rotatable bonds is 7. The smallest absolute Gasteiger partial charge is 0.416 e. The number of carbonyl (C=O) groups is 2. The van der Waals surface area contributed by atoms with Crippen molar-refractivity contribution < 1.29 is 27.5 Å². The van der Waals surface area contributed by atoms with Gasteiger partial charge in [0.2, 0.25) is 5.95 Å². The van der Waals surface area contributed by atoms with Gasteiger partial charge in [-0.25, -0.2) is 4.98 Å². The van der Waals surface area contributed by atoms with Crippen molar-refractivity contribution >= 4 is 28.9 Å². The summed E-state index contributed by atoms with van der Waals surface area (Å²) in [5.74, 6) is -0.703. The molecule has 5 rings (SSSR count). The average molecular weight is 557 g/mol. The lowest BCUT2D eigenvalue weighted by molar-refractivity contribution is -0.149. The van der Waals surface area contributed by atoms with Crippen LogP contribution in [0.5, 0.6) is 0 Å². The first-order valence-electron chi connectivity index (χ1n) is 14.1. The lowest BCUT2D eigenvalue weighted by Crippen LogP contribution is -2.29. The van der Waals surface area contributed by atoms with Gasteiger partial charge < -0.3 is 9.30 Å². The Balaban J connectivity index is 1.44. The van der Waals surface area contributed by atoms with E-state index in [2.05, 4.69) is 16.3 Å². The third-order valence-electron chi connectivity index (χ3n) is 7.97. The number of halogens is 3. The van der Waals surface area contributed by atoms with Crippen molar-refractivity contribution in [3.05, 3.63) is 59.2 Å². The highest BCUT2D eigenvalue weighted by molar-refractivity contribution is 6.04. The monoisotopic (exact) mass is 556 g/mol. The molecule has 2 fully saturated rings. The van der Waals surface area contributed by atoms with Crippen molar-refractivity contribution in [2.24, 2.45) is 5.92 Å². The minimum absolute atomic E-state index is 0.0274. The van der Waals surface area contributed by atoms with Gasteiger partial charge in [-0.3, -0.25) is 19.8 Å². The van der Waals surface area contributed by atoms with Crippen molar-refractivity contribution in [1.82, 2.24) is 14.5 Å². The van der Waals surface area contributed by atoms with Crippen molar-refractivity contribution in [3.63, 3.8) is 0 Å². The molecule has 10 heteroatoms. The van der Waals surface area contributed by atoms with Gasteiger partial charge >= 0.3 is 12.1 Å². The molecule has 2 aromatic carbocycles. The van der Waals surface area contributed by atoms with Crippen LogP contribution in [0, 0.1) is 5.92 Å². The summed E-state index contributed by atoms with van der Waals surface area (Å²) in [5.41, 5.74) is 1.72. The Kier molecular flexibility index (Phi) is 8.44. The molecule has 0 spiro atoms. The molecule has 0 radical (unpaired) electrons. The number of fused-ring (bicyclic) bond motifs is 1. The number of alkyl halides is 3. The standard InChI is InChI=1S/C30H35F3N4O3/c1-2-40-28(39)21-10-12-24(13-11-21)37-26-14-9-20(19-36-15-4-3-5-16-36)17-25(26)34-29(37)35-27(38)22-7-6-8-23(18-22)30(31,32)33/h6-9,14,17-18,21,24H,2-5,10-13,15-16,19H2,1H3,(H,34,35,38)/t21-,24+. The third-order valence-corrected chi connectivity index (χ3v) is 7.97. The Morgan fingerprint density at radius 1 is 1.02 bits per heavy atom. The van der Waals surface area contributed by atoms with Crippen LogP contribution in [0.25, 0.3) is 11.0 Å². The van der Waals surface area contributed by atoms with Gasteiger partial charge in [-0.05, 0) is 94.4 Å². The number of benzene rings is 2. The average Bonchev–Trinajstić information content (AvgIpc) is 3.30. The molecule has 0 bridgehead atoms. The molecule has 1 amide bonds. The lowest BCUT2D eigenvalue weighted by atomic mass is 9.86. The number of ether oxygens (including phenoxy) is 1. The maximum absolute atomic E-state index is 13.3. The fourth-order valence-corrected chi connectivity index (χ4v) is 5.92. The van der Waals surface area contributed by atoms with Gasteiger partial charge in [-0.15, -0.1) is 0 Å². The number of hydrogen-bond acceptors (Lipinski definition) is 5. The Labute approximate surface area is 231 Å². The van der Waals surface area contributed by atoms with Crippen LogP contribution in [0.15, 0.2) is 42.5 Å². The van der Waals surface area contributed by atoms with Gasteiger partial charge in [0, 0.05) is 18.2 Å². The normalized spacial score (nSPS) is 20.4. The van der Waals surface area contributed by atoms with Crippen LogP contribution in [0.3, 0.4) is 0 Å². The van der Waals surface area contributed by atoms with Gasteiger partial charge in [-0.2, -0.15) is 13.2 Å². The molecular formula is C30H35F3N4O3. The maximum Gasteiger partial charge on any atom is 0.416 e. The molecular weight excluding hydrogens is 521 g/mol. The summed E-state index contributed by atoms with van der Waals surface area (Å²) in [7, 11) is 0. The molecule has 1 saturated carbocycles. The first-order valence-corrected chi connectivity index (χ1v) is 14.1. The third kappa shape index (κ3) is 6.32. The number of amides is 1. The summed E-state index contributed by atoms with van der Waals surface area (Å²) in [6.07, 6.45) is 1.77. The fraction of sp³-hybridized carbons (Fsp3) is 0.500. The Morgan fingerprint density at radius 2 is 1.77 bits per heavy atom. The Hall–Kier alpha value is -3.40. The molecule has 1 aliphatic heterocycles. The predicted octanol–water partition coefficient (Wildman–Crippen LogP) is 6.59. The SMILES string of the molecule is CCOC(=O)[C@H]1CC[C@@H](n2c(NC(=O)c3cccc(C(F)(F)F)c3)nc3cc(CN4CCCCC4)ccc32)CC1. The second-order valence-electron chi connectivity index (χ2n) is 10.8. The molecule has 40 heavy (non-hydrogen) atoms. The second kappa shape index (κ2) is 12.0. The number of nitrogens with zero attached hydrogens (tertiary/aromatic N) is 3. The quantitative estimate of drug-likeness (QED) is 0.333. The van der Waals surface area contributed by atoms with Gasteiger partial charge in [-0.1, -0.05) is 18.6 Å². The summed E-state index contributed by atoms with van der Waals surface area (Å²) in [4.78, 5) is 32.6. The number of esters is 1. The minimum atomic E-state index is -4.55. The zero-order chi connectivity index (χ0) is 28.3. The van der Waals surface area contributed by atoms with Crippen molar-refractivity contribution in [3.8, 4) is 0 Å². The number of nitrogens with one attached hydrogen (secondary N) is 1. The van der Waals surface area contributed by atoms with E-state index in [1.165, 1.54) is 31.4 Å².